The lowest BCUT2D eigenvalue weighted by molar-refractivity contribution is -0.121. The summed E-state index contributed by atoms with van der Waals surface area (Å²) in [4.78, 5) is 11.9. The van der Waals surface area contributed by atoms with Crippen LogP contribution in [0.15, 0.2) is 29.2 Å². The van der Waals surface area contributed by atoms with Gasteiger partial charge in [-0.25, -0.2) is 8.42 Å². The molecule has 0 aliphatic rings. The number of hydrogen-bond acceptors (Lipinski definition) is 4. The molecule has 23 heavy (non-hydrogen) atoms. The average Bonchev–Trinajstić information content (AvgIpc) is 2.46. The van der Waals surface area contributed by atoms with Gasteiger partial charge < -0.3 is 10.6 Å². The number of amides is 1. The molecule has 1 aromatic carbocycles. The molecule has 0 unspecified atom stereocenters. The predicted octanol–water partition coefficient (Wildman–Crippen LogP) is 1.50. The van der Waals surface area contributed by atoms with Gasteiger partial charge in [-0.05, 0) is 37.7 Å². The monoisotopic (exact) mass is 383 g/mol. The molecule has 0 saturated carbocycles. The van der Waals surface area contributed by atoms with Gasteiger partial charge in [0.25, 0.3) is 0 Å². The van der Waals surface area contributed by atoms with E-state index in [-0.39, 0.29) is 35.8 Å². The molecule has 1 atom stereocenters. The normalized spacial score (nSPS) is 12.6. The van der Waals surface area contributed by atoms with Crippen LogP contribution >= 0.6 is 24.0 Å². The number of halogens is 2. The summed E-state index contributed by atoms with van der Waals surface area (Å²) in [6.07, 6.45) is 0. The third kappa shape index (κ3) is 7.05. The SMILES string of the molecule is CCN[C@H](C)CNC(=O)CN(C)S(=O)(=O)c1ccc(Cl)cc1.Cl. The van der Waals surface area contributed by atoms with E-state index in [1.165, 1.54) is 31.3 Å². The molecule has 1 aromatic rings. The Bertz CT molecular complexity index is 594. The second-order valence-corrected chi connectivity index (χ2v) is 7.46. The van der Waals surface area contributed by atoms with E-state index in [1.54, 1.807) is 0 Å². The van der Waals surface area contributed by atoms with Crippen molar-refractivity contribution < 1.29 is 13.2 Å². The molecular weight excluding hydrogens is 361 g/mol. The van der Waals surface area contributed by atoms with Gasteiger partial charge >= 0.3 is 0 Å². The summed E-state index contributed by atoms with van der Waals surface area (Å²) in [7, 11) is -2.33. The van der Waals surface area contributed by atoms with E-state index >= 15 is 0 Å². The fraction of sp³-hybridized carbons (Fsp3) is 0.500. The first kappa shape index (κ1) is 22.1. The van der Waals surface area contributed by atoms with Gasteiger partial charge in [0.2, 0.25) is 15.9 Å². The first-order valence-electron chi connectivity index (χ1n) is 6.99. The molecule has 6 nitrogen and oxygen atoms in total. The van der Waals surface area contributed by atoms with E-state index in [4.69, 9.17) is 11.6 Å². The summed E-state index contributed by atoms with van der Waals surface area (Å²) in [5.74, 6) is -0.343. The highest BCUT2D eigenvalue weighted by Crippen LogP contribution is 2.17. The molecule has 1 rings (SSSR count). The van der Waals surface area contributed by atoms with Crippen LogP contribution in [0.2, 0.25) is 5.02 Å². The number of carbonyl (C=O) groups is 1. The summed E-state index contributed by atoms with van der Waals surface area (Å²) < 4.78 is 25.6. The van der Waals surface area contributed by atoms with Crippen LogP contribution in [0.3, 0.4) is 0 Å². The molecule has 0 fully saturated rings. The molecule has 0 aliphatic carbocycles. The van der Waals surface area contributed by atoms with Gasteiger partial charge in [0, 0.05) is 24.7 Å². The minimum atomic E-state index is -3.70. The van der Waals surface area contributed by atoms with Crippen LogP contribution in [-0.4, -0.2) is 51.4 Å². The number of likely N-dealkylation sites (N-methyl/N-ethyl adjacent to an activating group) is 2. The average molecular weight is 384 g/mol. The van der Waals surface area contributed by atoms with E-state index in [0.717, 1.165) is 10.8 Å². The van der Waals surface area contributed by atoms with E-state index in [0.29, 0.717) is 11.6 Å². The molecule has 0 saturated heterocycles. The number of carbonyl (C=O) groups excluding carboxylic acids is 1. The van der Waals surface area contributed by atoms with Gasteiger partial charge in [-0.1, -0.05) is 18.5 Å². The Morgan fingerprint density at radius 2 is 1.87 bits per heavy atom. The Morgan fingerprint density at radius 1 is 1.30 bits per heavy atom. The number of hydrogen-bond donors (Lipinski definition) is 2. The van der Waals surface area contributed by atoms with E-state index in [1.807, 2.05) is 13.8 Å². The Morgan fingerprint density at radius 3 is 2.39 bits per heavy atom. The maximum atomic E-state index is 12.3. The summed E-state index contributed by atoms with van der Waals surface area (Å²) in [5, 5.41) is 6.31. The van der Waals surface area contributed by atoms with E-state index in [9.17, 15) is 13.2 Å². The lowest BCUT2D eigenvalue weighted by atomic mass is 10.3. The molecule has 0 spiro atoms. The summed E-state index contributed by atoms with van der Waals surface area (Å²) >= 11 is 5.74. The second kappa shape index (κ2) is 10.1. The smallest absolute Gasteiger partial charge is 0.243 e. The molecule has 132 valence electrons. The zero-order chi connectivity index (χ0) is 16.8. The minimum Gasteiger partial charge on any atom is -0.353 e. The zero-order valence-electron chi connectivity index (χ0n) is 13.4. The van der Waals surface area contributed by atoms with Crippen LogP contribution in [-0.2, 0) is 14.8 Å². The Hall–Kier alpha value is -0.860. The molecule has 9 heteroatoms. The first-order chi connectivity index (χ1) is 10.3. The predicted molar refractivity (Wildman–Crippen MR) is 94.7 cm³/mol. The molecule has 0 heterocycles. The Balaban J connectivity index is 0.00000484. The Labute approximate surface area is 149 Å². The lowest BCUT2D eigenvalue weighted by Crippen LogP contribution is -2.43. The summed E-state index contributed by atoms with van der Waals surface area (Å²) in [6.45, 7) is 4.94. The van der Waals surface area contributed by atoms with Gasteiger partial charge in [0.05, 0.1) is 11.4 Å². The van der Waals surface area contributed by atoms with E-state index in [2.05, 4.69) is 10.6 Å². The van der Waals surface area contributed by atoms with Crippen molar-refractivity contribution in [3.63, 3.8) is 0 Å². The molecule has 0 bridgehead atoms. The first-order valence-corrected chi connectivity index (χ1v) is 8.81. The largest absolute Gasteiger partial charge is 0.353 e. The minimum absolute atomic E-state index is 0. The molecule has 0 aliphatic heterocycles. The van der Waals surface area contributed by atoms with Crippen LogP contribution in [0, 0.1) is 0 Å². The van der Waals surface area contributed by atoms with Crippen LogP contribution in [0.5, 0.6) is 0 Å². The van der Waals surface area contributed by atoms with Crippen molar-refractivity contribution in [2.75, 3.05) is 26.7 Å². The van der Waals surface area contributed by atoms with Crippen LogP contribution in [0.1, 0.15) is 13.8 Å². The molecule has 0 aromatic heterocycles. The third-order valence-electron chi connectivity index (χ3n) is 3.05. The number of sulfonamides is 1. The van der Waals surface area contributed by atoms with Crippen molar-refractivity contribution in [3.05, 3.63) is 29.3 Å². The van der Waals surface area contributed by atoms with Gasteiger partial charge in [-0.15, -0.1) is 12.4 Å². The molecule has 2 N–H and O–H groups in total. The summed E-state index contributed by atoms with van der Waals surface area (Å²) in [6, 6.07) is 5.96. The van der Waals surface area contributed by atoms with Gasteiger partial charge in [0.15, 0.2) is 0 Å². The lowest BCUT2D eigenvalue weighted by Gasteiger charge is -2.18. The van der Waals surface area contributed by atoms with Crippen molar-refractivity contribution in [2.45, 2.75) is 24.8 Å². The van der Waals surface area contributed by atoms with Crippen molar-refractivity contribution in [2.24, 2.45) is 0 Å². The van der Waals surface area contributed by atoms with Crippen LogP contribution < -0.4 is 10.6 Å². The number of nitrogens with one attached hydrogen (secondary N) is 2. The zero-order valence-corrected chi connectivity index (χ0v) is 15.8. The number of rotatable bonds is 8. The van der Waals surface area contributed by atoms with Crippen molar-refractivity contribution in [3.8, 4) is 0 Å². The summed E-state index contributed by atoms with van der Waals surface area (Å²) in [5.41, 5.74) is 0. The highest BCUT2D eigenvalue weighted by atomic mass is 35.5. The molecular formula is C14H23Cl2N3O3S. The number of benzene rings is 1. The topological polar surface area (TPSA) is 78.5 Å². The van der Waals surface area contributed by atoms with Crippen molar-refractivity contribution >= 4 is 39.9 Å². The maximum Gasteiger partial charge on any atom is 0.243 e. The highest BCUT2D eigenvalue weighted by molar-refractivity contribution is 7.89. The number of nitrogens with zero attached hydrogens (tertiary/aromatic N) is 1. The molecule has 1 amide bonds. The van der Waals surface area contributed by atoms with Crippen LogP contribution in [0.4, 0.5) is 0 Å². The maximum absolute atomic E-state index is 12.3. The fourth-order valence-electron chi connectivity index (χ4n) is 1.82. The van der Waals surface area contributed by atoms with Crippen molar-refractivity contribution in [1.82, 2.24) is 14.9 Å². The molecule has 0 radical (unpaired) electrons. The highest BCUT2D eigenvalue weighted by Gasteiger charge is 2.22. The van der Waals surface area contributed by atoms with Crippen LogP contribution in [0.25, 0.3) is 0 Å². The standard InChI is InChI=1S/C14H22ClN3O3S.ClH/c1-4-16-11(2)9-17-14(19)10-18(3)22(20,21)13-7-5-12(15)6-8-13;/h5-8,11,16H,4,9-10H2,1-3H3,(H,17,19);1H/t11-;/m1./s1. The quantitative estimate of drug-likeness (QED) is 0.712. The van der Waals surface area contributed by atoms with Gasteiger partial charge in [-0.3, -0.25) is 4.79 Å². The van der Waals surface area contributed by atoms with Gasteiger partial charge in [-0.2, -0.15) is 4.31 Å². The fourth-order valence-corrected chi connectivity index (χ4v) is 3.07. The van der Waals surface area contributed by atoms with Gasteiger partial charge in [0.1, 0.15) is 0 Å². The van der Waals surface area contributed by atoms with E-state index < -0.39 is 10.0 Å². The Kier molecular flexibility index (Phi) is 9.72. The van der Waals surface area contributed by atoms with Crippen molar-refractivity contribution in [1.29, 1.82) is 0 Å². The second-order valence-electron chi connectivity index (χ2n) is 4.98. The third-order valence-corrected chi connectivity index (χ3v) is 5.12.